The van der Waals surface area contributed by atoms with Gasteiger partial charge in [0.05, 0.1) is 13.0 Å². The van der Waals surface area contributed by atoms with Crippen LogP contribution >= 0.6 is 0 Å². The van der Waals surface area contributed by atoms with E-state index in [2.05, 4.69) is 26.0 Å². The Kier molecular flexibility index (Phi) is 3.89. The van der Waals surface area contributed by atoms with Crippen LogP contribution in [0, 0.1) is 0 Å². The Bertz CT molecular complexity index is 325. The zero-order chi connectivity index (χ0) is 11.4. The number of rotatable bonds is 3. The number of ether oxygens (including phenoxy) is 1. The fourth-order valence-corrected chi connectivity index (χ4v) is 1.48. The van der Waals surface area contributed by atoms with Crippen molar-refractivity contribution in [2.45, 2.75) is 32.6 Å². The van der Waals surface area contributed by atoms with Crippen molar-refractivity contribution in [1.29, 1.82) is 0 Å². The van der Waals surface area contributed by atoms with Crippen LogP contribution in [0.5, 0.6) is 0 Å². The molecule has 0 saturated carbocycles. The van der Waals surface area contributed by atoms with E-state index in [1.807, 2.05) is 19.1 Å². The minimum Gasteiger partial charge on any atom is -0.469 e. The Labute approximate surface area is 91.3 Å². The Morgan fingerprint density at radius 2 is 1.53 bits per heavy atom. The average molecular weight is 206 g/mol. The van der Waals surface area contributed by atoms with Crippen LogP contribution in [-0.4, -0.2) is 13.1 Å². The summed E-state index contributed by atoms with van der Waals surface area (Å²) in [5.41, 5.74) is 2.29. The molecule has 0 bridgehead atoms. The average Bonchev–Trinajstić information content (AvgIpc) is 2.27. The molecular weight excluding hydrogens is 188 g/mol. The molecule has 0 heterocycles. The largest absolute Gasteiger partial charge is 0.469 e. The van der Waals surface area contributed by atoms with Gasteiger partial charge >= 0.3 is 5.97 Å². The van der Waals surface area contributed by atoms with E-state index in [0.717, 1.165) is 5.56 Å². The molecule has 2 heteroatoms. The second-order valence-electron chi connectivity index (χ2n) is 4.07. The smallest absolute Gasteiger partial charge is 0.312 e. The summed E-state index contributed by atoms with van der Waals surface area (Å²) in [5, 5.41) is 0. The maximum atomic E-state index is 11.3. The molecule has 0 radical (unpaired) electrons. The summed E-state index contributed by atoms with van der Waals surface area (Å²) < 4.78 is 4.71. The lowest BCUT2D eigenvalue weighted by Crippen LogP contribution is -2.10. The molecule has 0 aromatic heterocycles. The van der Waals surface area contributed by atoms with Crippen molar-refractivity contribution in [1.82, 2.24) is 0 Å². The van der Waals surface area contributed by atoms with Crippen molar-refractivity contribution in [3.8, 4) is 0 Å². The predicted octanol–water partition coefficient (Wildman–Crippen LogP) is 3.09. The van der Waals surface area contributed by atoms with Gasteiger partial charge in [0.25, 0.3) is 0 Å². The normalized spacial score (nSPS) is 12.6. The lowest BCUT2D eigenvalue weighted by atomic mass is 9.96. The highest BCUT2D eigenvalue weighted by Crippen LogP contribution is 2.20. The first-order valence-electron chi connectivity index (χ1n) is 5.24. The van der Waals surface area contributed by atoms with Gasteiger partial charge in [-0.3, -0.25) is 4.79 Å². The Morgan fingerprint density at radius 3 is 1.93 bits per heavy atom. The number of benzene rings is 1. The first-order valence-corrected chi connectivity index (χ1v) is 5.24. The highest BCUT2D eigenvalue weighted by Gasteiger charge is 2.15. The van der Waals surface area contributed by atoms with E-state index in [4.69, 9.17) is 4.74 Å². The van der Waals surface area contributed by atoms with Gasteiger partial charge in [0.15, 0.2) is 0 Å². The van der Waals surface area contributed by atoms with Crippen molar-refractivity contribution in [2.75, 3.05) is 7.11 Å². The maximum Gasteiger partial charge on any atom is 0.312 e. The topological polar surface area (TPSA) is 26.3 Å². The van der Waals surface area contributed by atoms with Gasteiger partial charge in [-0.2, -0.15) is 0 Å². The molecule has 82 valence electrons. The van der Waals surface area contributed by atoms with Crippen LogP contribution in [0.1, 0.15) is 43.7 Å². The molecule has 1 aromatic carbocycles. The molecule has 2 nitrogen and oxygen atoms in total. The standard InChI is InChI=1S/C13H18O2/c1-9(2)11-5-7-12(8-6-11)10(3)13(14)15-4/h5-10H,1-4H3/t10-/m0/s1. The molecule has 0 aliphatic carbocycles. The summed E-state index contributed by atoms with van der Waals surface area (Å²) in [4.78, 5) is 11.3. The van der Waals surface area contributed by atoms with Gasteiger partial charge in [0, 0.05) is 0 Å². The van der Waals surface area contributed by atoms with Crippen LogP contribution in [-0.2, 0) is 9.53 Å². The van der Waals surface area contributed by atoms with Crippen LogP contribution in [0.4, 0.5) is 0 Å². The van der Waals surface area contributed by atoms with E-state index in [1.165, 1.54) is 12.7 Å². The lowest BCUT2D eigenvalue weighted by molar-refractivity contribution is -0.141. The summed E-state index contributed by atoms with van der Waals surface area (Å²) in [6.45, 7) is 6.16. The third kappa shape index (κ3) is 2.82. The van der Waals surface area contributed by atoms with Gasteiger partial charge in [-0.1, -0.05) is 38.1 Å². The first-order chi connectivity index (χ1) is 7.06. The summed E-state index contributed by atoms with van der Waals surface area (Å²) in [6, 6.07) is 8.13. The number of hydrogen-bond acceptors (Lipinski definition) is 2. The lowest BCUT2D eigenvalue weighted by Gasteiger charge is -2.11. The van der Waals surface area contributed by atoms with Crippen LogP contribution in [0.25, 0.3) is 0 Å². The van der Waals surface area contributed by atoms with Crippen LogP contribution in [0.3, 0.4) is 0 Å². The molecule has 15 heavy (non-hydrogen) atoms. The number of esters is 1. The second-order valence-corrected chi connectivity index (χ2v) is 4.07. The van der Waals surface area contributed by atoms with Crippen molar-refractivity contribution < 1.29 is 9.53 Å². The van der Waals surface area contributed by atoms with Gasteiger partial charge in [-0.05, 0) is 24.0 Å². The highest BCUT2D eigenvalue weighted by molar-refractivity contribution is 5.77. The molecule has 1 rings (SSSR count). The van der Waals surface area contributed by atoms with Crippen molar-refractivity contribution in [3.05, 3.63) is 35.4 Å². The zero-order valence-electron chi connectivity index (χ0n) is 9.78. The predicted molar refractivity (Wildman–Crippen MR) is 61.0 cm³/mol. The van der Waals surface area contributed by atoms with Gasteiger partial charge in [0.1, 0.15) is 0 Å². The number of methoxy groups -OCH3 is 1. The van der Waals surface area contributed by atoms with Gasteiger partial charge in [-0.25, -0.2) is 0 Å². The van der Waals surface area contributed by atoms with Crippen molar-refractivity contribution in [2.24, 2.45) is 0 Å². The summed E-state index contributed by atoms with van der Waals surface area (Å²) in [5.74, 6) is 0.149. The number of hydrogen-bond donors (Lipinski definition) is 0. The molecular formula is C13H18O2. The first kappa shape index (κ1) is 11.8. The fourth-order valence-electron chi connectivity index (χ4n) is 1.48. The molecule has 1 aromatic rings. The zero-order valence-corrected chi connectivity index (χ0v) is 9.78. The fraction of sp³-hybridized carbons (Fsp3) is 0.462. The highest BCUT2D eigenvalue weighted by atomic mass is 16.5. The number of carbonyl (C=O) groups excluding carboxylic acids is 1. The van der Waals surface area contributed by atoms with E-state index in [1.54, 1.807) is 0 Å². The van der Waals surface area contributed by atoms with Crippen LogP contribution in [0.15, 0.2) is 24.3 Å². The Balaban J connectivity index is 2.84. The van der Waals surface area contributed by atoms with E-state index in [0.29, 0.717) is 5.92 Å². The molecule has 1 atom stereocenters. The molecule has 0 amide bonds. The second kappa shape index (κ2) is 4.96. The maximum absolute atomic E-state index is 11.3. The minimum absolute atomic E-state index is 0.184. The summed E-state index contributed by atoms with van der Waals surface area (Å²) in [7, 11) is 1.42. The molecule has 0 fully saturated rings. The van der Waals surface area contributed by atoms with E-state index >= 15 is 0 Å². The Morgan fingerprint density at radius 1 is 1.07 bits per heavy atom. The molecule has 0 spiro atoms. The SMILES string of the molecule is COC(=O)[C@@H](C)c1ccc(C(C)C)cc1. The third-order valence-electron chi connectivity index (χ3n) is 2.66. The summed E-state index contributed by atoms with van der Waals surface area (Å²) >= 11 is 0. The van der Waals surface area contributed by atoms with Crippen LogP contribution < -0.4 is 0 Å². The molecule has 0 N–H and O–H groups in total. The van der Waals surface area contributed by atoms with Gasteiger partial charge < -0.3 is 4.74 Å². The van der Waals surface area contributed by atoms with E-state index < -0.39 is 0 Å². The van der Waals surface area contributed by atoms with Crippen molar-refractivity contribution in [3.63, 3.8) is 0 Å². The van der Waals surface area contributed by atoms with E-state index in [-0.39, 0.29) is 11.9 Å². The third-order valence-corrected chi connectivity index (χ3v) is 2.66. The molecule has 0 unspecified atom stereocenters. The summed E-state index contributed by atoms with van der Waals surface area (Å²) in [6.07, 6.45) is 0. The van der Waals surface area contributed by atoms with Crippen molar-refractivity contribution >= 4 is 5.97 Å². The van der Waals surface area contributed by atoms with Gasteiger partial charge in [-0.15, -0.1) is 0 Å². The number of carbonyl (C=O) groups is 1. The molecule has 0 aliphatic rings. The monoisotopic (exact) mass is 206 g/mol. The molecule has 0 saturated heterocycles. The minimum atomic E-state index is -0.188. The molecule has 0 aliphatic heterocycles. The quantitative estimate of drug-likeness (QED) is 0.710. The van der Waals surface area contributed by atoms with E-state index in [9.17, 15) is 4.79 Å². The van der Waals surface area contributed by atoms with Crippen LogP contribution in [0.2, 0.25) is 0 Å². The Hall–Kier alpha value is -1.31. The van der Waals surface area contributed by atoms with Gasteiger partial charge in [0.2, 0.25) is 0 Å².